The highest BCUT2D eigenvalue weighted by Gasteiger charge is 2.19. The van der Waals surface area contributed by atoms with Gasteiger partial charge in [0.1, 0.15) is 22.6 Å². The van der Waals surface area contributed by atoms with Gasteiger partial charge in [-0.3, -0.25) is 0 Å². The molecule has 0 heterocycles. The molecule has 0 saturated carbocycles. The smallest absolute Gasteiger partial charge is 0.241 e. The molecular weight excluding hydrogens is 337 g/mol. The van der Waals surface area contributed by atoms with E-state index in [1.165, 1.54) is 0 Å². The average molecular weight is 350 g/mol. The van der Waals surface area contributed by atoms with Gasteiger partial charge < -0.3 is 4.74 Å². The maximum absolute atomic E-state index is 13.7. The van der Waals surface area contributed by atoms with Crippen molar-refractivity contribution >= 4 is 26.0 Å². The predicted octanol–water partition coefficient (Wildman–Crippen LogP) is 2.72. The third-order valence-electron chi connectivity index (χ3n) is 2.78. The Kier molecular flexibility index (Phi) is 4.27. The Bertz CT molecular complexity index is 616. The van der Waals surface area contributed by atoms with Crippen molar-refractivity contribution in [1.29, 1.82) is 0 Å². The summed E-state index contributed by atoms with van der Waals surface area (Å²) in [7, 11) is -4.08. The summed E-state index contributed by atoms with van der Waals surface area (Å²) in [4.78, 5) is -0.550. The number of nitrogens with two attached hydrogens (primary N) is 1. The molecule has 1 aliphatic rings. The van der Waals surface area contributed by atoms with Crippen LogP contribution in [0.2, 0.25) is 0 Å². The minimum Gasteiger partial charge on any atom is -0.485 e. The molecule has 0 saturated heterocycles. The second-order valence-corrected chi connectivity index (χ2v) is 6.66. The number of sulfonamides is 1. The Labute approximate surface area is 119 Å². The van der Waals surface area contributed by atoms with E-state index in [1.54, 1.807) is 0 Å². The van der Waals surface area contributed by atoms with Crippen LogP contribution in [0.5, 0.6) is 5.75 Å². The van der Waals surface area contributed by atoms with Gasteiger partial charge in [-0.2, -0.15) is 0 Å². The molecule has 4 nitrogen and oxygen atoms in total. The number of primary sulfonamides is 1. The van der Waals surface area contributed by atoms with Crippen LogP contribution in [0, 0.1) is 5.82 Å². The van der Waals surface area contributed by atoms with Gasteiger partial charge in [-0.15, -0.1) is 0 Å². The van der Waals surface area contributed by atoms with Crippen LogP contribution in [0.4, 0.5) is 4.39 Å². The monoisotopic (exact) mass is 349 g/mol. The van der Waals surface area contributed by atoms with Crippen LogP contribution in [0.1, 0.15) is 19.3 Å². The zero-order valence-corrected chi connectivity index (χ0v) is 12.4. The van der Waals surface area contributed by atoms with Gasteiger partial charge >= 0.3 is 0 Å². The van der Waals surface area contributed by atoms with Gasteiger partial charge in [0, 0.05) is 6.07 Å². The second kappa shape index (κ2) is 5.60. The standard InChI is InChI=1S/C12H13BrFNO3S/c13-9-6-12(19(15,16)17)10(14)7-11(9)18-8-4-2-1-3-5-8/h2,4,6-8H,1,3,5H2,(H2,15,16,17). The highest BCUT2D eigenvalue weighted by molar-refractivity contribution is 9.10. The van der Waals surface area contributed by atoms with Crippen molar-refractivity contribution in [2.45, 2.75) is 30.3 Å². The fraction of sp³-hybridized carbons (Fsp3) is 0.333. The van der Waals surface area contributed by atoms with Crippen LogP contribution < -0.4 is 9.88 Å². The highest BCUT2D eigenvalue weighted by atomic mass is 79.9. The summed E-state index contributed by atoms with van der Waals surface area (Å²) in [5.74, 6) is -0.651. The first-order valence-corrected chi connectivity index (χ1v) is 8.07. The summed E-state index contributed by atoms with van der Waals surface area (Å²) in [6.07, 6.45) is 6.68. The Morgan fingerprint density at radius 2 is 2.16 bits per heavy atom. The van der Waals surface area contributed by atoms with Gasteiger partial charge in [0.05, 0.1) is 4.47 Å². The summed E-state index contributed by atoms with van der Waals surface area (Å²) in [5.41, 5.74) is 0. The zero-order chi connectivity index (χ0) is 14.0. The lowest BCUT2D eigenvalue weighted by atomic mass is 10.1. The summed E-state index contributed by atoms with van der Waals surface area (Å²) in [6, 6.07) is 2.15. The molecule has 0 aliphatic heterocycles. The topological polar surface area (TPSA) is 69.4 Å². The Morgan fingerprint density at radius 3 is 2.74 bits per heavy atom. The summed E-state index contributed by atoms with van der Waals surface area (Å²) in [6.45, 7) is 0. The zero-order valence-electron chi connectivity index (χ0n) is 9.97. The van der Waals surface area contributed by atoms with Crippen molar-refractivity contribution in [2.24, 2.45) is 5.14 Å². The lowest BCUT2D eigenvalue weighted by Gasteiger charge is -2.19. The van der Waals surface area contributed by atoms with Gasteiger partial charge in [0.2, 0.25) is 10.0 Å². The van der Waals surface area contributed by atoms with Crippen molar-refractivity contribution in [2.75, 3.05) is 0 Å². The number of rotatable bonds is 3. The molecular formula is C12H13BrFNO3S. The first-order valence-electron chi connectivity index (χ1n) is 5.73. The Balaban J connectivity index is 2.30. The molecule has 1 unspecified atom stereocenters. The molecule has 0 radical (unpaired) electrons. The van der Waals surface area contributed by atoms with E-state index in [-0.39, 0.29) is 11.9 Å². The van der Waals surface area contributed by atoms with Crippen LogP contribution in [0.15, 0.2) is 33.7 Å². The molecule has 0 spiro atoms. The number of allylic oxidation sites excluding steroid dienone is 1. The van der Waals surface area contributed by atoms with E-state index in [4.69, 9.17) is 9.88 Å². The van der Waals surface area contributed by atoms with Gasteiger partial charge in [-0.05, 0) is 47.3 Å². The highest BCUT2D eigenvalue weighted by Crippen LogP contribution is 2.31. The molecule has 0 fully saturated rings. The molecule has 7 heteroatoms. The van der Waals surface area contributed by atoms with Crippen molar-refractivity contribution in [3.63, 3.8) is 0 Å². The van der Waals surface area contributed by atoms with Crippen molar-refractivity contribution in [3.05, 3.63) is 34.6 Å². The van der Waals surface area contributed by atoms with Crippen molar-refractivity contribution < 1.29 is 17.5 Å². The first-order chi connectivity index (χ1) is 8.88. The van der Waals surface area contributed by atoms with Crippen LogP contribution in [0.3, 0.4) is 0 Å². The quantitative estimate of drug-likeness (QED) is 0.853. The normalized spacial score (nSPS) is 19.4. The minimum atomic E-state index is -4.08. The lowest BCUT2D eigenvalue weighted by Crippen LogP contribution is -2.17. The molecule has 2 N–H and O–H groups in total. The molecule has 104 valence electrons. The van der Waals surface area contributed by atoms with Crippen LogP contribution in [-0.2, 0) is 10.0 Å². The third kappa shape index (κ3) is 3.55. The molecule has 2 rings (SSSR count). The fourth-order valence-corrected chi connectivity index (χ4v) is 3.06. The number of ether oxygens (including phenoxy) is 1. The average Bonchev–Trinajstić information content (AvgIpc) is 2.33. The molecule has 0 bridgehead atoms. The predicted molar refractivity (Wildman–Crippen MR) is 72.9 cm³/mol. The van der Waals surface area contributed by atoms with Gasteiger partial charge in [-0.25, -0.2) is 17.9 Å². The maximum atomic E-state index is 13.7. The van der Waals surface area contributed by atoms with E-state index in [9.17, 15) is 12.8 Å². The van der Waals surface area contributed by atoms with Crippen molar-refractivity contribution in [1.82, 2.24) is 0 Å². The molecule has 0 amide bonds. The largest absolute Gasteiger partial charge is 0.485 e. The lowest BCUT2D eigenvalue weighted by molar-refractivity contribution is 0.227. The van der Waals surface area contributed by atoms with E-state index < -0.39 is 20.7 Å². The molecule has 1 aromatic rings. The van der Waals surface area contributed by atoms with E-state index >= 15 is 0 Å². The number of hydrogen-bond donors (Lipinski definition) is 1. The number of benzene rings is 1. The molecule has 1 aliphatic carbocycles. The third-order valence-corrected chi connectivity index (χ3v) is 4.33. The molecule has 1 aromatic carbocycles. The molecule has 0 aromatic heterocycles. The van der Waals surface area contributed by atoms with Crippen LogP contribution in [-0.4, -0.2) is 14.5 Å². The number of halogens is 2. The maximum Gasteiger partial charge on any atom is 0.241 e. The van der Waals surface area contributed by atoms with Gasteiger partial charge in [-0.1, -0.05) is 6.08 Å². The van der Waals surface area contributed by atoms with Crippen LogP contribution >= 0.6 is 15.9 Å². The first kappa shape index (κ1) is 14.5. The Hall–Kier alpha value is -0.920. The molecule has 19 heavy (non-hydrogen) atoms. The van der Waals surface area contributed by atoms with Gasteiger partial charge in [0.25, 0.3) is 0 Å². The van der Waals surface area contributed by atoms with E-state index in [0.717, 1.165) is 31.4 Å². The van der Waals surface area contributed by atoms with Crippen molar-refractivity contribution in [3.8, 4) is 5.75 Å². The summed E-state index contributed by atoms with van der Waals surface area (Å²) in [5, 5.41) is 4.92. The van der Waals surface area contributed by atoms with Crippen LogP contribution in [0.25, 0.3) is 0 Å². The van der Waals surface area contributed by atoms with E-state index in [2.05, 4.69) is 15.9 Å². The Morgan fingerprint density at radius 1 is 1.42 bits per heavy atom. The van der Waals surface area contributed by atoms with Gasteiger partial charge in [0.15, 0.2) is 0 Å². The minimum absolute atomic E-state index is 0.121. The molecule has 1 atom stereocenters. The fourth-order valence-electron chi connectivity index (χ4n) is 1.86. The van der Waals surface area contributed by atoms with E-state index in [0.29, 0.717) is 4.47 Å². The number of hydrogen-bond acceptors (Lipinski definition) is 3. The SMILES string of the molecule is NS(=O)(=O)c1cc(Br)c(OC2C=CCCC2)cc1F. The van der Waals surface area contributed by atoms with E-state index in [1.807, 2.05) is 12.2 Å². The summed E-state index contributed by atoms with van der Waals surface area (Å²) >= 11 is 3.16. The second-order valence-electron chi connectivity index (χ2n) is 4.27. The summed E-state index contributed by atoms with van der Waals surface area (Å²) < 4.78 is 42.0.